The van der Waals surface area contributed by atoms with Crippen molar-refractivity contribution in [1.82, 2.24) is 14.8 Å². The van der Waals surface area contributed by atoms with Crippen molar-refractivity contribution in [2.24, 2.45) is 0 Å². The normalized spacial score (nSPS) is 11.8. The molecule has 3 nitrogen and oxygen atoms in total. The molecular weight excluding hydrogens is 299 g/mol. The zero-order chi connectivity index (χ0) is 12.5. The molecule has 1 aromatic carbocycles. The van der Waals surface area contributed by atoms with Gasteiger partial charge in [-0.3, -0.25) is 0 Å². The highest BCUT2D eigenvalue weighted by atomic mass is 79.9. The maximum absolute atomic E-state index is 12.8. The van der Waals surface area contributed by atoms with Gasteiger partial charge in [0.1, 0.15) is 12.7 Å². The quantitative estimate of drug-likeness (QED) is 0.798. The third-order valence-corrected chi connectivity index (χ3v) is 2.83. The van der Waals surface area contributed by atoms with Crippen LogP contribution in [0.15, 0.2) is 30.9 Å². The van der Waals surface area contributed by atoms with Crippen molar-refractivity contribution in [1.29, 1.82) is 0 Å². The second-order valence-electron chi connectivity index (χ2n) is 3.31. The lowest BCUT2D eigenvalue weighted by Crippen LogP contribution is -2.10. The molecule has 2 aromatic rings. The molecule has 1 heterocycles. The Hall–Kier alpha value is -1.37. The van der Waals surface area contributed by atoms with E-state index in [4.69, 9.17) is 0 Å². The Balaban J connectivity index is 2.53. The molecule has 90 valence electrons. The van der Waals surface area contributed by atoms with E-state index in [9.17, 15) is 13.2 Å². The number of hydrogen-bond acceptors (Lipinski definition) is 2. The molecule has 2 rings (SSSR count). The highest BCUT2D eigenvalue weighted by Gasteiger charge is 2.33. The highest BCUT2D eigenvalue weighted by Crippen LogP contribution is 2.34. The fraction of sp³-hybridized carbons (Fsp3) is 0.200. The maximum atomic E-state index is 12.8. The molecule has 0 N–H and O–H groups in total. The highest BCUT2D eigenvalue weighted by molar-refractivity contribution is 9.08. The molecule has 0 saturated carbocycles. The van der Waals surface area contributed by atoms with Crippen LogP contribution in [-0.4, -0.2) is 14.8 Å². The summed E-state index contributed by atoms with van der Waals surface area (Å²) < 4.78 is 39.7. The van der Waals surface area contributed by atoms with Crippen LogP contribution >= 0.6 is 15.9 Å². The minimum atomic E-state index is -4.38. The van der Waals surface area contributed by atoms with E-state index in [2.05, 4.69) is 26.0 Å². The first kappa shape index (κ1) is 12.1. The average molecular weight is 306 g/mol. The number of hydrogen-bond donors (Lipinski definition) is 0. The van der Waals surface area contributed by atoms with Crippen LogP contribution in [0.4, 0.5) is 13.2 Å². The molecular formula is C10H7BrF3N3. The van der Waals surface area contributed by atoms with Crippen molar-refractivity contribution in [3.8, 4) is 5.69 Å². The summed E-state index contributed by atoms with van der Waals surface area (Å²) in [6.07, 6.45) is -1.76. The van der Waals surface area contributed by atoms with Gasteiger partial charge in [-0.05, 0) is 17.7 Å². The topological polar surface area (TPSA) is 30.7 Å². The Kier molecular flexibility index (Phi) is 3.19. The van der Waals surface area contributed by atoms with Crippen molar-refractivity contribution in [3.05, 3.63) is 42.0 Å². The summed E-state index contributed by atoms with van der Waals surface area (Å²) in [4.78, 5) is 3.69. The third kappa shape index (κ3) is 2.49. The maximum Gasteiger partial charge on any atom is 0.416 e. The Morgan fingerprint density at radius 3 is 2.59 bits per heavy atom. The van der Waals surface area contributed by atoms with Gasteiger partial charge in [0.25, 0.3) is 0 Å². The van der Waals surface area contributed by atoms with E-state index < -0.39 is 11.7 Å². The number of benzene rings is 1. The van der Waals surface area contributed by atoms with E-state index in [-0.39, 0.29) is 10.9 Å². The first-order chi connectivity index (χ1) is 8.02. The Bertz CT molecular complexity index is 508. The van der Waals surface area contributed by atoms with E-state index in [1.807, 2.05) is 0 Å². The summed E-state index contributed by atoms with van der Waals surface area (Å²) >= 11 is 3.04. The predicted molar refractivity (Wildman–Crippen MR) is 59.0 cm³/mol. The van der Waals surface area contributed by atoms with Crippen LogP contribution in [0.3, 0.4) is 0 Å². The second-order valence-corrected chi connectivity index (χ2v) is 3.87. The molecule has 0 amide bonds. The van der Waals surface area contributed by atoms with Crippen LogP contribution in [0, 0.1) is 0 Å². The number of rotatable bonds is 2. The molecule has 0 radical (unpaired) electrons. The van der Waals surface area contributed by atoms with Gasteiger partial charge in [0, 0.05) is 5.33 Å². The lowest BCUT2D eigenvalue weighted by molar-refractivity contribution is -0.138. The Labute approximate surface area is 103 Å². The van der Waals surface area contributed by atoms with Crippen LogP contribution in [0.2, 0.25) is 0 Å². The van der Waals surface area contributed by atoms with Gasteiger partial charge in [-0.15, -0.1) is 0 Å². The monoisotopic (exact) mass is 305 g/mol. The van der Waals surface area contributed by atoms with Gasteiger partial charge in [-0.25, -0.2) is 9.67 Å². The first-order valence-electron chi connectivity index (χ1n) is 4.63. The van der Waals surface area contributed by atoms with E-state index in [1.165, 1.54) is 23.4 Å². The smallest absolute Gasteiger partial charge is 0.223 e. The molecule has 0 atom stereocenters. The Morgan fingerprint density at radius 2 is 2.06 bits per heavy atom. The lowest BCUT2D eigenvalue weighted by Gasteiger charge is -2.12. The van der Waals surface area contributed by atoms with Gasteiger partial charge >= 0.3 is 6.18 Å². The van der Waals surface area contributed by atoms with Crippen LogP contribution < -0.4 is 0 Å². The minimum absolute atomic E-state index is 0.152. The van der Waals surface area contributed by atoms with E-state index in [0.29, 0.717) is 5.69 Å². The van der Waals surface area contributed by atoms with E-state index >= 15 is 0 Å². The molecule has 0 fully saturated rings. The summed E-state index contributed by atoms with van der Waals surface area (Å²) in [6.45, 7) is 0. The van der Waals surface area contributed by atoms with Crippen LogP contribution in [0.1, 0.15) is 11.1 Å². The van der Waals surface area contributed by atoms with Crippen molar-refractivity contribution < 1.29 is 13.2 Å². The van der Waals surface area contributed by atoms with Crippen molar-refractivity contribution in [3.63, 3.8) is 0 Å². The number of halogens is 4. The van der Waals surface area contributed by atoms with Gasteiger partial charge < -0.3 is 0 Å². The fourth-order valence-electron chi connectivity index (χ4n) is 1.43. The second kappa shape index (κ2) is 4.48. The van der Waals surface area contributed by atoms with Crippen molar-refractivity contribution in [2.75, 3.05) is 0 Å². The van der Waals surface area contributed by atoms with Gasteiger partial charge in [0.2, 0.25) is 0 Å². The first-order valence-corrected chi connectivity index (χ1v) is 5.75. The fourth-order valence-corrected chi connectivity index (χ4v) is 1.92. The molecule has 0 unspecified atom stereocenters. The summed E-state index contributed by atoms with van der Waals surface area (Å²) in [6, 6.07) is 4.06. The molecule has 0 spiro atoms. The van der Waals surface area contributed by atoms with Gasteiger partial charge in [-0.1, -0.05) is 22.0 Å². The average Bonchev–Trinajstić information content (AvgIpc) is 2.80. The SMILES string of the molecule is FC(F)(F)c1cc(-n2cncn2)ccc1CBr. The summed E-state index contributed by atoms with van der Waals surface area (Å²) in [7, 11) is 0. The summed E-state index contributed by atoms with van der Waals surface area (Å²) in [5.41, 5.74) is -0.136. The predicted octanol–water partition coefficient (Wildman–Crippen LogP) is 3.18. The summed E-state index contributed by atoms with van der Waals surface area (Å²) in [5, 5.41) is 3.94. The molecule has 0 aliphatic rings. The van der Waals surface area contributed by atoms with Crippen LogP contribution in [0.25, 0.3) is 5.69 Å². The lowest BCUT2D eigenvalue weighted by atomic mass is 10.1. The largest absolute Gasteiger partial charge is 0.416 e. The molecule has 1 aromatic heterocycles. The molecule has 7 heteroatoms. The molecule has 0 aliphatic carbocycles. The minimum Gasteiger partial charge on any atom is -0.223 e. The van der Waals surface area contributed by atoms with Gasteiger partial charge in [0.05, 0.1) is 11.3 Å². The molecule has 17 heavy (non-hydrogen) atoms. The zero-order valence-electron chi connectivity index (χ0n) is 8.45. The van der Waals surface area contributed by atoms with E-state index in [1.54, 1.807) is 6.07 Å². The standard InChI is InChI=1S/C10H7BrF3N3/c11-4-7-1-2-8(17-6-15-5-16-17)3-9(7)10(12,13)14/h1-3,5-6H,4H2. The van der Waals surface area contributed by atoms with E-state index in [0.717, 1.165) is 6.07 Å². The van der Waals surface area contributed by atoms with Crippen molar-refractivity contribution >= 4 is 15.9 Å². The molecule has 0 saturated heterocycles. The number of aromatic nitrogens is 3. The van der Waals surface area contributed by atoms with Gasteiger partial charge in [-0.2, -0.15) is 18.3 Å². The van der Waals surface area contributed by atoms with Gasteiger partial charge in [0.15, 0.2) is 0 Å². The number of nitrogens with zero attached hydrogens (tertiary/aromatic N) is 3. The van der Waals surface area contributed by atoms with Crippen molar-refractivity contribution in [2.45, 2.75) is 11.5 Å². The molecule has 0 bridgehead atoms. The van der Waals surface area contributed by atoms with Crippen LogP contribution in [-0.2, 0) is 11.5 Å². The Morgan fingerprint density at radius 1 is 1.29 bits per heavy atom. The van der Waals surface area contributed by atoms with Crippen LogP contribution in [0.5, 0.6) is 0 Å². The third-order valence-electron chi connectivity index (χ3n) is 2.23. The molecule has 0 aliphatic heterocycles. The number of alkyl halides is 4. The summed E-state index contributed by atoms with van der Waals surface area (Å²) in [5.74, 6) is 0. The zero-order valence-corrected chi connectivity index (χ0v) is 10.0.